The third kappa shape index (κ3) is 6.15. The molecule has 3 aliphatic rings. The molecule has 0 aliphatic heterocycles. The number of hydrogen-bond acceptors (Lipinski definition) is 2. The van der Waals surface area contributed by atoms with Gasteiger partial charge in [0.2, 0.25) is 0 Å². The van der Waals surface area contributed by atoms with Crippen LogP contribution in [0.4, 0.5) is 34.1 Å². The lowest BCUT2D eigenvalue weighted by Gasteiger charge is -2.36. The molecule has 0 bridgehead atoms. The second kappa shape index (κ2) is 16.3. The first kappa shape index (κ1) is 41.9. The Morgan fingerprint density at radius 3 is 1.38 bits per heavy atom. The molecule has 3 aliphatic carbocycles. The predicted molar refractivity (Wildman–Crippen MR) is 301 cm³/mol. The van der Waals surface area contributed by atoms with Crippen LogP contribution in [0.5, 0.6) is 0 Å². The molecule has 0 saturated heterocycles. The lowest BCUT2D eigenvalue weighted by molar-refractivity contribution is 0.660. The topological polar surface area (TPSA) is 6.48 Å². The highest BCUT2D eigenvalue weighted by Crippen LogP contribution is 2.66. The average molecular weight is 919 g/mol. The summed E-state index contributed by atoms with van der Waals surface area (Å²) in [6, 6.07) is 99.1. The van der Waals surface area contributed by atoms with Crippen LogP contribution in [0.1, 0.15) is 47.2 Å². The fourth-order valence-corrected chi connectivity index (χ4v) is 12.7. The van der Waals surface area contributed by atoms with Gasteiger partial charge in [0.25, 0.3) is 0 Å². The molecule has 0 saturated carbocycles. The summed E-state index contributed by atoms with van der Waals surface area (Å²) in [7, 11) is 0. The van der Waals surface area contributed by atoms with Gasteiger partial charge in [0, 0.05) is 39.3 Å². The summed E-state index contributed by atoms with van der Waals surface area (Å²) in [5.41, 5.74) is 26.4. The highest BCUT2D eigenvalue weighted by atomic mass is 15.2. The molecule has 0 radical (unpaired) electrons. The van der Waals surface area contributed by atoms with Gasteiger partial charge in [-0.2, -0.15) is 0 Å². The molecule has 0 fully saturated rings. The Morgan fingerprint density at radius 1 is 0.250 bits per heavy atom. The Bertz CT molecular complexity index is 3890. The second-order valence-corrected chi connectivity index (χ2v) is 20.0. The Labute approximate surface area is 422 Å². The van der Waals surface area contributed by atoms with Crippen LogP contribution in [0.3, 0.4) is 0 Å². The summed E-state index contributed by atoms with van der Waals surface area (Å²) in [5, 5.41) is 0. The Kier molecular flexibility index (Phi) is 9.50. The summed E-state index contributed by atoms with van der Waals surface area (Å²) < 4.78 is 0. The third-order valence-corrected chi connectivity index (χ3v) is 15.9. The maximum Gasteiger partial charge on any atom is 0.0746 e. The maximum atomic E-state index is 2.53. The number of rotatable bonds is 8. The quantitative estimate of drug-likeness (QED) is 0.150. The van der Waals surface area contributed by atoms with Crippen molar-refractivity contribution in [2.75, 3.05) is 9.80 Å². The van der Waals surface area contributed by atoms with E-state index in [0.29, 0.717) is 0 Å². The van der Waals surface area contributed by atoms with Crippen LogP contribution >= 0.6 is 0 Å². The van der Waals surface area contributed by atoms with Crippen LogP contribution in [0.15, 0.2) is 267 Å². The summed E-state index contributed by atoms with van der Waals surface area (Å²) in [6.07, 6.45) is 0. The number of hydrogen-bond donors (Lipinski definition) is 0. The van der Waals surface area contributed by atoms with E-state index in [1.807, 2.05) is 0 Å². The van der Waals surface area contributed by atoms with E-state index in [0.717, 1.165) is 28.4 Å². The monoisotopic (exact) mass is 918 g/mol. The first-order valence-corrected chi connectivity index (χ1v) is 25.2. The fourth-order valence-electron chi connectivity index (χ4n) is 12.7. The molecular formula is C70H50N2. The maximum absolute atomic E-state index is 2.53. The summed E-state index contributed by atoms with van der Waals surface area (Å²) in [5.74, 6) is 0. The van der Waals surface area contributed by atoms with Crippen molar-refractivity contribution < 1.29 is 0 Å². The molecule has 0 N–H and O–H groups in total. The molecule has 1 atom stereocenters. The van der Waals surface area contributed by atoms with E-state index >= 15 is 0 Å². The van der Waals surface area contributed by atoms with Crippen molar-refractivity contribution in [3.8, 4) is 55.6 Å². The summed E-state index contributed by atoms with van der Waals surface area (Å²) >= 11 is 0. The Balaban J connectivity index is 1.00. The number of anilines is 6. The van der Waals surface area contributed by atoms with Gasteiger partial charge in [-0.25, -0.2) is 0 Å². The highest BCUT2D eigenvalue weighted by Gasteiger charge is 2.53. The molecule has 11 aromatic rings. The molecule has 340 valence electrons. The molecular weight excluding hydrogens is 869 g/mol. The van der Waals surface area contributed by atoms with Crippen molar-refractivity contribution in [1.82, 2.24) is 0 Å². The normalized spacial score (nSPS) is 15.0. The zero-order valence-electron chi connectivity index (χ0n) is 40.3. The van der Waals surface area contributed by atoms with Crippen LogP contribution in [0.2, 0.25) is 0 Å². The van der Waals surface area contributed by atoms with E-state index in [4.69, 9.17) is 0 Å². The zero-order chi connectivity index (χ0) is 48.0. The van der Waals surface area contributed by atoms with E-state index in [2.05, 4.69) is 291 Å². The molecule has 11 aromatic carbocycles. The molecule has 0 amide bonds. The van der Waals surface area contributed by atoms with Gasteiger partial charge >= 0.3 is 0 Å². The van der Waals surface area contributed by atoms with Crippen LogP contribution in [-0.2, 0) is 10.8 Å². The van der Waals surface area contributed by atoms with Gasteiger partial charge in [0.1, 0.15) is 0 Å². The highest BCUT2D eigenvalue weighted by molar-refractivity contribution is 6.01. The van der Waals surface area contributed by atoms with Gasteiger partial charge in [0.15, 0.2) is 0 Å². The number of nitrogens with zero attached hydrogens (tertiary/aromatic N) is 2. The lowest BCUT2D eigenvalue weighted by Crippen LogP contribution is -2.28. The van der Waals surface area contributed by atoms with Crippen molar-refractivity contribution in [3.63, 3.8) is 0 Å². The minimum atomic E-state index is -0.615. The molecule has 14 rings (SSSR count). The first-order valence-electron chi connectivity index (χ1n) is 25.2. The molecule has 0 heterocycles. The van der Waals surface area contributed by atoms with E-state index in [9.17, 15) is 0 Å². The zero-order valence-corrected chi connectivity index (χ0v) is 40.3. The summed E-state index contributed by atoms with van der Waals surface area (Å²) in [4.78, 5) is 4.99. The molecule has 1 spiro atoms. The van der Waals surface area contributed by atoms with E-state index in [1.54, 1.807) is 0 Å². The van der Waals surface area contributed by atoms with Crippen LogP contribution in [0, 0.1) is 0 Å². The van der Waals surface area contributed by atoms with Gasteiger partial charge in [-0.05, 0) is 139 Å². The average Bonchev–Trinajstić information content (AvgIpc) is 4.01. The second-order valence-electron chi connectivity index (χ2n) is 20.0. The summed E-state index contributed by atoms with van der Waals surface area (Å²) in [6.45, 7) is 4.75. The first-order chi connectivity index (χ1) is 35.5. The SMILES string of the molecule is CC1(C)c2ccccc2-c2ccc(N(c3ccccc3)c3cccc4c3C3(c5ccccc5-c5cc(N(c6ccc(-c7ccccc7)cc6)c6ccccc6-c6ccccc6)ccc53)c3ccccc3-4)cc21. The van der Waals surface area contributed by atoms with Crippen molar-refractivity contribution >= 4 is 34.1 Å². The number of para-hydroxylation sites is 2. The fraction of sp³-hybridized carbons (Fsp3) is 0.0571. The van der Waals surface area contributed by atoms with E-state index in [-0.39, 0.29) is 5.41 Å². The van der Waals surface area contributed by atoms with Crippen LogP contribution in [0.25, 0.3) is 55.6 Å². The van der Waals surface area contributed by atoms with Crippen molar-refractivity contribution in [2.24, 2.45) is 0 Å². The van der Waals surface area contributed by atoms with Crippen LogP contribution < -0.4 is 9.80 Å². The van der Waals surface area contributed by atoms with Crippen molar-refractivity contribution in [3.05, 3.63) is 300 Å². The molecule has 72 heavy (non-hydrogen) atoms. The standard InChI is InChI=1S/C70H50N2/c1-69(2)61-32-16-12-28-55(61)58-43-41-53(46-65(58)69)72(50-25-10-5-11-26-50)67-36-20-31-59-56-29-13-17-33-62(56)70(68(59)67)63-34-18-14-30-57(63)60-45-52(42-44-64(60)70)71(51-39-37-48(38-40-51)47-21-6-3-7-22-47)66-35-19-15-27-54(66)49-23-8-4-9-24-49/h3-46H,1-2H3. The third-order valence-electron chi connectivity index (χ3n) is 15.9. The Hall–Kier alpha value is -8.98. The minimum absolute atomic E-state index is 0.152. The number of benzene rings is 11. The lowest BCUT2D eigenvalue weighted by atomic mass is 9.70. The molecule has 2 nitrogen and oxygen atoms in total. The van der Waals surface area contributed by atoms with Gasteiger partial charge in [-0.3, -0.25) is 0 Å². The Morgan fingerprint density at radius 2 is 0.681 bits per heavy atom. The molecule has 2 heteroatoms. The smallest absolute Gasteiger partial charge is 0.0746 e. The van der Waals surface area contributed by atoms with Gasteiger partial charge in [0.05, 0.1) is 16.8 Å². The largest absolute Gasteiger partial charge is 0.310 e. The molecule has 1 unspecified atom stereocenters. The van der Waals surface area contributed by atoms with E-state index in [1.165, 1.54) is 94.7 Å². The van der Waals surface area contributed by atoms with Gasteiger partial charge in [-0.1, -0.05) is 220 Å². The molecule has 0 aromatic heterocycles. The predicted octanol–water partition coefficient (Wildman–Crippen LogP) is 18.6. The van der Waals surface area contributed by atoms with Crippen LogP contribution in [-0.4, -0.2) is 0 Å². The minimum Gasteiger partial charge on any atom is -0.310 e. The van der Waals surface area contributed by atoms with E-state index < -0.39 is 5.41 Å². The van der Waals surface area contributed by atoms with Crippen molar-refractivity contribution in [1.29, 1.82) is 0 Å². The van der Waals surface area contributed by atoms with Crippen molar-refractivity contribution in [2.45, 2.75) is 24.7 Å². The van der Waals surface area contributed by atoms with Gasteiger partial charge < -0.3 is 9.80 Å². The van der Waals surface area contributed by atoms with Gasteiger partial charge in [-0.15, -0.1) is 0 Å². The number of fused-ring (bicyclic) bond motifs is 13.